The summed E-state index contributed by atoms with van der Waals surface area (Å²) in [7, 11) is 0. The molecule has 0 fully saturated rings. The van der Waals surface area contributed by atoms with Gasteiger partial charge in [0, 0.05) is 31.2 Å². The number of nitrogens with zero attached hydrogens (tertiary/aromatic N) is 2. The van der Waals surface area contributed by atoms with Gasteiger partial charge in [0.2, 0.25) is 0 Å². The van der Waals surface area contributed by atoms with Crippen molar-refractivity contribution >= 4 is 5.69 Å². The van der Waals surface area contributed by atoms with Gasteiger partial charge in [-0.05, 0) is 30.3 Å². The lowest BCUT2D eigenvalue weighted by Crippen LogP contribution is -2.12. The molecule has 0 radical (unpaired) electrons. The molecule has 0 saturated heterocycles. The van der Waals surface area contributed by atoms with Crippen LogP contribution < -0.4 is 11.1 Å². The van der Waals surface area contributed by atoms with Crippen LogP contribution in [0.2, 0.25) is 0 Å². The number of benzene rings is 1. The van der Waals surface area contributed by atoms with Crippen LogP contribution in [0.25, 0.3) is 5.69 Å². The van der Waals surface area contributed by atoms with Gasteiger partial charge in [-0.3, -0.25) is 0 Å². The zero-order valence-electron chi connectivity index (χ0n) is 10.4. The molecule has 0 saturated carbocycles. The van der Waals surface area contributed by atoms with E-state index in [4.69, 9.17) is 5.73 Å². The minimum absolute atomic E-state index is 0.640. The van der Waals surface area contributed by atoms with Gasteiger partial charge in [0.05, 0.1) is 5.69 Å². The van der Waals surface area contributed by atoms with Gasteiger partial charge in [-0.15, -0.1) is 0 Å². The highest BCUT2D eigenvalue weighted by Crippen LogP contribution is 2.11. The summed E-state index contributed by atoms with van der Waals surface area (Å²) >= 11 is 0. The second-order valence-electron chi connectivity index (χ2n) is 3.21. The van der Waals surface area contributed by atoms with Crippen LogP contribution in [0.4, 0.5) is 5.69 Å². The van der Waals surface area contributed by atoms with Gasteiger partial charge < -0.3 is 11.1 Å². The fourth-order valence-electron chi connectivity index (χ4n) is 1.37. The lowest BCUT2D eigenvalue weighted by atomic mass is 10.3. The normalized spacial score (nSPS) is 9.35. The third-order valence-corrected chi connectivity index (χ3v) is 2.11. The predicted molar refractivity (Wildman–Crippen MR) is 72.5 cm³/mol. The smallest absolute Gasteiger partial charge is 0.0647 e. The Morgan fingerprint density at radius 2 is 1.94 bits per heavy atom. The Bertz CT molecular complexity index is 392. The van der Waals surface area contributed by atoms with Gasteiger partial charge >= 0.3 is 0 Å². The third kappa shape index (κ3) is 3.92. The topological polar surface area (TPSA) is 55.9 Å². The van der Waals surface area contributed by atoms with Crippen LogP contribution in [0, 0.1) is 0 Å². The summed E-state index contributed by atoms with van der Waals surface area (Å²) in [6.07, 6.45) is 3.68. The number of hydrogen-bond acceptors (Lipinski definition) is 3. The average Bonchev–Trinajstić information content (AvgIpc) is 2.93. The quantitative estimate of drug-likeness (QED) is 0.850. The third-order valence-electron chi connectivity index (χ3n) is 2.11. The van der Waals surface area contributed by atoms with Crippen LogP contribution in [0.1, 0.15) is 13.8 Å². The van der Waals surface area contributed by atoms with Crippen LogP contribution in [-0.2, 0) is 0 Å². The largest absolute Gasteiger partial charge is 0.384 e. The van der Waals surface area contributed by atoms with E-state index in [1.165, 1.54) is 0 Å². The van der Waals surface area contributed by atoms with Crippen LogP contribution in [-0.4, -0.2) is 22.9 Å². The molecule has 0 amide bonds. The summed E-state index contributed by atoms with van der Waals surface area (Å²) in [6, 6.07) is 9.98. The number of nitrogens with two attached hydrogens (primary N) is 1. The van der Waals surface area contributed by atoms with E-state index in [1.54, 1.807) is 6.20 Å². The van der Waals surface area contributed by atoms with E-state index in [2.05, 4.69) is 10.4 Å². The van der Waals surface area contributed by atoms with Crippen molar-refractivity contribution in [2.45, 2.75) is 13.8 Å². The van der Waals surface area contributed by atoms with Crippen LogP contribution in [0.5, 0.6) is 0 Å². The molecule has 2 aromatic rings. The average molecular weight is 232 g/mol. The summed E-state index contributed by atoms with van der Waals surface area (Å²) in [5.74, 6) is 0. The fourth-order valence-corrected chi connectivity index (χ4v) is 1.37. The lowest BCUT2D eigenvalue weighted by Gasteiger charge is -2.06. The summed E-state index contributed by atoms with van der Waals surface area (Å²) < 4.78 is 1.83. The molecule has 0 bridgehead atoms. The highest BCUT2D eigenvalue weighted by atomic mass is 15.3. The molecule has 0 spiro atoms. The van der Waals surface area contributed by atoms with Crippen LogP contribution in [0.15, 0.2) is 42.7 Å². The SMILES string of the molecule is CC.NCCNc1ccc(-n2cccn2)cc1. The van der Waals surface area contributed by atoms with Crippen molar-refractivity contribution in [3.8, 4) is 5.69 Å². The molecule has 4 heteroatoms. The molecule has 0 aliphatic carbocycles. The van der Waals surface area contributed by atoms with Gasteiger partial charge in [0.1, 0.15) is 0 Å². The minimum atomic E-state index is 0.640. The van der Waals surface area contributed by atoms with Gasteiger partial charge in [0.15, 0.2) is 0 Å². The number of rotatable bonds is 4. The van der Waals surface area contributed by atoms with Gasteiger partial charge in [-0.2, -0.15) is 5.10 Å². The summed E-state index contributed by atoms with van der Waals surface area (Å²) in [4.78, 5) is 0. The first-order valence-corrected chi connectivity index (χ1v) is 5.94. The molecule has 1 heterocycles. The maximum atomic E-state index is 5.41. The molecular weight excluding hydrogens is 212 g/mol. The fraction of sp³-hybridized carbons (Fsp3) is 0.308. The number of aromatic nitrogens is 2. The first kappa shape index (κ1) is 13.3. The molecule has 0 atom stereocenters. The molecule has 3 N–H and O–H groups in total. The molecule has 92 valence electrons. The second-order valence-corrected chi connectivity index (χ2v) is 3.21. The highest BCUT2D eigenvalue weighted by Gasteiger charge is 1.95. The van der Waals surface area contributed by atoms with Crippen molar-refractivity contribution in [3.63, 3.8) is 0 Å². The molecule has 4 nitrogen and oxygen atoms in total. The van der Waals surface area contributed by atoms with Crippen molar-refractivity contribution in [3.05, 3.63) is 42.7 Å². The molecule has 2 rings (SSSR count). The number of anilines is 1. The molecular formula is C13H20N4. The maximum Gasteiger partial charge on any atom is 0.0647 e. The predicted octanol–water partition coefficient (Wildman–Crippen LogP) is 2.27. The molecule has 0 unspecified atom stereocenters. The highest BCUT2D eigenvalue weighted by molar-refractivity contribution is 5.48. The van der Waals surface area contributed by atoms with Crippen molar-refractivity contribution in [1.82, 2.24) is 9.78 Å². The molecule has 1 aromatic carbocycles. The summed E-state index contributed by atoms with van der Waals surface area (Å²) in [5, 5.41) is 7.37. The van der Waals surface area contributed by atoms with E-state index < -0.39 is 0 Å². The van der Waals surface area contributed by atoms with Crippen molar-refractivity contribution in [1.29, 1.82) is 0 Å². The molecule has 1 aromatic heterocycles. The van der Waals surface area contributed by atoms with Crippen LogP contribution >= 0.6 is 0 Å². The van der Waals surface area contributed by atoms with Crippen molar-refractivity contribution < 1.29 is 0 Å². The number of hydrogen-bond donors (Lipinski definition) is 2. The zero-order chi connectivity index (χ0) is 12.5. The standard InChI is InChI=1S/C11H14N4.C2H6/c12-6-8-13-10-2-4-11(5-3-10)15-9-1-7-14-15;1-2/h1-5,7,9,13H,6,8,12H2;1-2H3. The van der Waals surface area contributed by atoms with Crippen LogP contribution in [0.3, 0.4) is 0 Å². The lowest BCUT2D eigenvalue weighted by molar-refractivity contribution is 0.880. The van der Waals surface area contributed by atoms with E-state index in [-0.39, 0.29) is 0 Å². The summed E-state index contributed by atoms with van der Waals surface area (Å²) in [6.45, 7) is 5.43. The minimum Gasteiger partial charge on any atom is -0.384 e. The monoisotopic (exact) mass is 232 g/mol. The van der Waals surface area contributed by atoms with Crippen molar-refractivity contribution in [2.75, 3.05) is 18.4 Å². The van der Waals surface area contributed by atoms with E-state index in [1.807, 2.05) is 55.1 Å². The first-order valence-electron chi connectivity index (χ1n) is 5.94. The Morgan fingerprint density at radius 3 is 2.47 bits per heavy atom. The van der Waals surface area contributed by atoms with E-state index in [0.717, 1.165) is 17.9 Å². The Kier molecular flexibility index (Phi) is 5.82. The van der Waals surface area contributed by atoms with E-state index in [9.17, 15) is 0 Å². The Balaban J connectivity index is 0.000000686. The van der Waals surface area contributed by atoms with Gasteiger partial charge in [0.25, 0.3) is 0 Å². The molecule has 17 heavy (non-hydrogen) atoms. The molecule has 0 aliphatic rings. The second kappa shape index (κ2) is 7.46. The number of nitrogens with one attached hydrogen (secondary N) is 1. The van der Waals surface area contributed by atoms with Gasteiger partial charge in [-0.25, -0.2) is 4.68 Å². The zero-order valence-corrected chi connectivity index (χ0v) is 10.4. The molecule has 0 aliphatic heterocycles. The van der Waals surface area contributed by atoms with E-state index in [0.29, 0.717) is 6.54 Å². The Hall–Kier alpha value is -1.81. The Labute approximate surface area is 102 Å². The first-order chi connectivity index (χ1) is 8.40. The Morgan fingerprint density at radius 1 is 1.24 bits per heavy atom. The van der Waals surface area contributed by atoms with Crippen molar-refractivity contribution in [2.24, 2.45) is 5.73 Å². The van der Waals surface area contributed by atoms with E-state index >= 15 is 0 Å². The maximum absolute atomic E-state index is 5.41. The summed E-state index contributed by atoms with van der Waals surface area (Å²) in [5.41, 5.74) is 7.54. The van der Waals surface area contributed by atoms with Gasteiger partial charge in [-0.1, -0.05) is 13.8 Å².